The predicted octanol–water partition coefficient (Wildman–Crippen LogP) is 3.67. The highest BCUT2D eigenvalue weighted by Gasteiger charge is 2.24. The molecule has 8 nitrogen and oxygen atoms in total. The van der Waals surface area contributed by atoms with Crippen molar-refractivity contribution in [1.82, 2.24) is 15.0 Å². The lowest BCUT2D eigenvalue weighted by atomic mass is 10.1. The first-order valence-corrected chi connectivity index (χ1v) is 11.1. The van der Waals surface area contributed by atoms with Gasteiger partial charge in [-0.05, 0) is 62.1 Å². The number of amides is 2. The monoisotopic (exact) mass is 456 g/mol. The summed E-state index contributed by atoms with van der Waals surface area (Å²) >= 11 is 1.42. The number of fused-ring (bicyclic) bond motifs is 1. The fraction of sp³-hybridized carbons (Fsp3) is 0.348. The predicted molar refractivity (Wildman–Crippen MR) is 126 cm³/mol. The summed E-state index contributed by atoms with van der Waals surface area (Å²) in [7, 11) is 0. The van der Waals surface area contributed by atoms with Crippen LogP contribution in [0.3, 0.4) is 0 Å². The van der Waals surface area contributed by atoms with Gasteiger partial charge >= 0.3 is 6.09 Å². The van der Waals surface area contributed by atoms with Gasteiger partial charge in [-0.15, -0.1) is 0 Å². The zero-order chi connectivity index (χ0) is 23.1. The summed E-state index contributed by atoms with van der Waals surface area (Å²) < 4.78 is 10.8. The Morgan fingerprint density at radius 2 is 1.81 bits per heavy atom. The smallest absolute Gasteiger partial charge is 0.408 e. The molecule has 3 aromatic rings. The molecule has 1 atom stereocenters. The number of hydrogen-bond acceptors (Lipinski definition) is 7. The average Bonchev–Trinajstić information content (AvgIpc) is 3.14. The maximum absolute atomic E-state index is 12.8. The number of carbonyl (C=O) groups is 2. The Balaban J connectivity index is 1.57. The van der Waals surface area contributed by atoms with Gasteiger partial charge in [-0.2, -0.15) is 4.37 Å². The van der Waals surface area contributed by atoms with Gasteiger partial charge in [-0.1, -0.05) is 24.3 Å². The van der Waals surface area contributed by atoms with E-state index in [2.05, 4.69) is 20.3 Å². The molecule has 0 saturated heterocycles. The molecule has 170 valence electrons. The third-order valence-electron chi connectivity index (χ3n) is 4.48. The number of phenols is 1. The van der Waals surface area contributed by atoms with Crippen molar-refractivity contribution in [2.24, 2.45) is 0 Å². The van der Waals surface area contributed by atoms with E-state index in [1.54, 1.807) is 45.0 Å². The van der Waals surface area contributed by atoms with Crippen molar-refractivity contribution < 1.29 is 19.4 Å². The molecule has 0 aliphatic heterocycles. The van der Waals surface area contributed by atoms with Crippen LogP contribution in [0.1, 0.15) is 26.3 Å². The lowest BCUT2D eigenvalue weighted by molar-refractivity contribution is -0.123. The Morgan fingerprint density at radius 1 is 1.09 bits per heavy atom. The normalized spacial score (nSPS) is 12.2. The van der Waals surface area contributed by atoms with Gasteiger partial charge in [0.25, 0.3) is 0 Å². The number of nitrogens with one attached hydrogen (secondary N) is 3. The van der Waals surface area contributed by atoms with Gasteiger partial charge in [0.1, 0.15) is 23.2 Å². The van der Waals surface area contributed by atoms with E-state index in [9.17, 15) is 14.7 Å². The highest BCUT2D eigenvalue weighted by atomic mass is 32.1. The molecule has 0 saturated carbocycles. The number of aromatic nitrogens is 1. The van der Waals surface area contributed by atoms with Gasteiger partial charge in [0, 0.05) is 24.9 Å². The van der Waals surface area contributed by atoms with Gasteiger partial charge < -0.3 is 25.8 Å². The number of ether oxygens (including phenoxy) is 1. The molecule has 2 amide bonds. The van der Waals surface area contributed by atoms with E-state index < -0.39 is 17.7 Å². The maximum Gasteiger partial charge on any atom is 0.408 e. The zero-order valence-corrected chi connectivity index (χ0v) is 19.2. The molecule has 1 heterocycles. The molecule has 1 aromatic heterocycles. The van der Waals surface area contributed by atoms with Crippen molar-refractivity contribution in [3.05, 3.63) is 54.1 Å². The molecule has 9 heteroatoms. The number of benzene rings is 2. The van der Waals surface area contributed by atoms with Crippen LogP contribution in [0.15, 0.2) is 48.5 Å². The van der Waals surface area contributed by atoms with Crippen LogP contribution in [0.25, 0.3) is 10.1 Å². The van der Waals surface area contributed by atoms with Crippen LogP contribution >= 0.6 is 11.5 Å². The quantitative estimate of drug-likeness (QED) is 0.385. The molecule has 0 radical (unpaired) electrons. The molecule has 0 bridgehead atoms. The number of carbonyl (C=O) groups excluding carboxylic acids is 2. The van der Waals surface area contributed by atoms with Crippen molar-refractivity contribution in [3.8, 4) is 5.75 Å². The summed E-state index contributed by atoms with van der Waals surface area (Å²) in [6.45, 7) is 6.12. The lowest BCUT2D eigenvalue weighted by Crippen LogP contribution is -2.50. The summed E-state index contributed by atoms with van der Waals surface area (Å²) in [6, 6.07) is 13.6. The van der Waals surface area contributed by atoms with E-state index in [4.69, 9.17) is 4.74 Å². The summed E-state index contributed by atoms with van der Waals surface area (Å²) in [6.07, 6.45) is -0.404. The molecule has 0 aliphatic rings. The van der Waals surface area contributed by atoms with E-state index in [0.717, 1.165) is 21.5 Å². The van der Waals surface area contributed by atoms with Gasteiger partial charge in [-0.3, -0.25) is 4.79 Å². The van der Waals surface area contributed by atoms with Crippen LogP contribution in [0.5, 0.6) is 5.75 Å². The van der Waals surface area contributed by atoms with E-state index in [-0.39, 0.29) is 18.1 Å². The van der Waals surface area contributed by atoms with Crippen LogP contribution in [-0.2, 0) is 16.0 Å². The van der Waals surface area contributed by atoms with Crippen molar-refractivity contribution in [2.75, 3.05) is 18.4 Å². The Bertz CT molecular complexity index is 1060. The van der Waals surface area contributed by atoms with Gasteiger partial charge in [-0.25, -0.2) is 4.79 Å². The van der Waals surface area contributed by atoms with Crippen LogP contribution in [0, 0.1) is 0 Å². The fourth-order valence-corrected chi connectivity index (χ4v) is 3.79. The van der Waals surface area contributed by atoms with Gasteiger partial charge in [0.15, 0.2) is 0 Å². The minimum atomic E-state index is -0.825. The zero-order valence-electron chi connectivity index (χ0n) is 18.3. The number of aromatic hydroxyl groups is 1. The summed E-state index contributed by atoms with van der Waals surface area (Å²) in [5.74, 6) is 0.594. The molecule has 32 heavy (non-hydrogen) atoms. The number of phenolic OH excluding ortho intramolecular Hbond substituents is 1. The van der Waals surface area contributed by atoms with E-state index in [1.165, 1.54) is 11.5 Å². The fourth-order valence-electron chi connectivity index (χ4n) is 3.03. The largest absolute Gasteiger partial charge is 0.508 e. The van der Waals surface area contributed by atoms with Crippen LogP contribution in [0.4, 0.5) is 10.6 Å². The first-order chi connectivity index (χ1) is 15.2. The second-order valence-corrected chi connectivity index (χ2v) is 9.12. The average molecular weight is 457 g/mol. The summed E-state index contributed by atoms with van der Waals surface area (Å²) in [5, 5.41) is 19.3. The molecular formula is C23H28N4O4S. The van der Waals surface area contributed by atoms with Crippen molar-refractivity contribution in [2.45, 2.75) is 38.8 Å². The topological polar surface area (TPSA) is 113 Å². The molecule has 1 unspecified atom stereocenters. The van der Waals surface area contributed by atoms with Crippen molar-refractivity contribution in [3.63, 3.8) is 0 Å². The molecule has 0 spiro atoms. The van der Waals surface area contributed by atoms with Crippen molar-refractivity contribution in [1.29, 1.82) is 0 Å². The van der Waals surface area contributed by atoms with Gasteiger partial charge in [0.05, 0.1) is 4.70 Å². The minimum Gasteiger partial charge on any atom is -0.508 e. The Hall–Kier alpha value is -3.33. The first kappa shape index (κ1) is 23.3. The SMILES string of the molecule is CC(C)(C)OC(=O)NC(Cc1ccc(O)cc1)C(=O)NCCNc1nsc2ccccc12. The number of alkyl carbamates (subject to hydrolysis) is 1. The summed E-state index contributed by atoms with van der Waals surface area (Å²) in [5.41, 5.74) is 0.121. The van der Waals surface area contributed by atoms with Crippen LogP contribution in [-0.4, -0.2) is 46.2 Å². The number of nitrogens with zero attached hydrogens (tertiary/aromatic N) is 1. The van der Waals surface area contributed by atoms with Crippen LogP contribution < -0.4 is 16.0 Å². The highest BCUT2D eigenvalue weighted by Crippen LogP contribution is 2.25. The lowest BCUT2D eigenvalue weighted by Gasteiger charge is -2.23. The highest BCUT2D eigenvalue weighted by molar-refractivity contribution is 7.13. The molecule has 0 aliphatic carbocycles. The van der Waals surface area contributed by atoms with E-state index in [1.807, 2.05) is 24.3 Å². The molecular weight excluding hydrogens is 428 g/mol. The third kappa shape index (κ3) is 6.84. The Labute approximate surface area is 191 Å². The molecule has 3 rings (SSSR count). The second-order valence-electron chi connectivity index (χ2n) is 8.31. The first-order valence-electron chi connectivity index (χ1n) is 10.3. The number of hydrogen-bond donors (Lipinski definition) is 4. The standard InChI is InChI=1S/C23H28N4O4S/c1-23(2,3)31-22(30)26-18(14-15-8-10-16(28)11-9-15)21(29)25-13-12-24-20-17-6-4-5-7-19(17)32-27-20/h4-11,18,28H,12-14H2,1-3H3,(H,24,27)(H,25,29)(H,26,30). The number of rotatable bonds is 8. The molecule has 2 aromatic carbocycles. The third-order valence-corrected chi connectivity index (χ3v) is 5.30. The molecule has 4 N–H and O–H groups in total. The summed E-state index contributed by atoms with van der Waals surface area (Å²) in [4.78, 5) is 25.1. The van der Waals surface area contributed by atoms with E-state index in [0.29, 0.717) is 13.1 Å². The van der Waals surface area contributed by atoms with Crippen molar-refractivity contribution >= 4 is 39.4 Å². The maximum atomic E-state index is 12.8. The Morgan fingerprint density at radius 3 is 2.53 bits per heavy atom. The van der Waals surface area contributed by atoms with Crippen LogP contribution in [0.2, 0.25) is 0 Å². The van der Waals surface area contributed by atoms with E-state index >= 15 is 0 Å². The number of anilines is 1. The second kappa shape index (κ2) is 10.3. The Kier molecular flexibility index (Phi) is 7.53. The molecule has 0 fully saturated rings. The minimum absolute atomic E-state index is 0.135. The van der Waals surface area contributed by atoms with Gasteiger partial charge in [0.2, 0.25) is 5.91 Å².